The number of nitrogens with zero attached hydrogens (tertiary/aromatic N) is 3. The molecule has 4 rings (SSSR count). The highest BCUT2D eigenvalue weighted by Crippen LogP contribution is 2.38. The SMILES string of the molecule is Cc1nc(N)c2c(-c3ccco3)cn([C@@H]3O[C@H](CO)[C@@H](O)[C@H]3O)c2n1. The maximum absolute atomic E-state index is 10.3. The van der Waals surface area contributed by atoms with Crippen LogP contribution in [0.5, 0.6) is 0 Å². The summed E-state index contributed by atoms with van der Waals surface area (Å²) in [4.78, 5) is 8.61. The van der Waals surface area contributed by atoms with E-state index in [-0.39, 0.29) is 5.82 Å². The van der Waals surface area contributed by atoms with E-state index in [4.69, 9.17) is 14.9 Å². The molecule has 0 spiro atoms. The lowest BCUT2D eigenvalue weighted by molar-refractivity contribution is -0.0508. The topological polar surface area (TPSA) is 140 Å². The van der Waals surface area contributed by atoms with Gasteiger partial charge in [-0.15, -0.1) is 0 Å². The van der Waals surface area contributed by atoms with Crippen molar-refractivity contribution in [3.63, 3.8) is 0 Å². The summed E-state index contributed by atoms with van der Waals surface area (Å²) in [7, 11) is 0. The van der Waals surface area contributed by atoms with Crippen LogP contribution in [0.15, 0.2) is 29.0 Å². The van der Waals surface area contributed by atoms with Crippen molar-refractivity contribution < 1.29 is 24.5 Å². The molecule has 3 aromatic rings. The second-order valence-corrected chi connectivity index (χ2v) is 6.01. The van der Waals surface area contributed by atoms with Crippen molar-refractivity contribution in [2.75, 3.05) is 12.3 Å². The van der Waals surface area contributed by atoms with E-state index in [1.807, 2.05) is 0 Å². The minimum Gasteiger partial charge on any atom is -0.464 e. The number of fused-ring (bicyclic) bond motifs is 1. The molecule has 4 atom stereocenters. The number of hydrogen-bond donors (Lipinski definition) is 4. The van der Waals surface area contributed by atoms with Crippen LogP contribution < -0.4 is 5.73 Å². The van der Waals surface area contributed by atoms with Crippen LogP contribution in [0, 0.1) is 6.92 Å². The minimum atomic E-state index is -1.23. The van der Waals surface area contributed by atoms with Crippen LogP contribution in [-0.2, 0) is 4.74 Å². The fourth-order valence-electron chi connectivity index (χ4n) is 3.21. The predicted octanol–water partition coefficient (Wildman–Crippen LogP) is 0.193. The monoisotopic (exact) mass is 346 g/mol. The van der Waals surface area contributed by atoms with Gasteiger partial charge >= 0.3 is 0 Å². The number of ether oxygens (including phenoxy) is 1. The number of rotatable bonds is 3. The molecule has 0 aliphatic carbocycles. The van der Waals surface area contributed by atoms with E-state index in [0.717, 1.165) is 0 Å². The molecule has 9 heteroatoms. The van der Waals surface area contributed by atoms with E-state index in [1.54, 1.807) is 29.8 Å². The summed E-state index contributed by atoms with van der Waals surface area (Å²) in [6.45, 7) is 1.30. The molecule has 1 aliphatic heterocycles. The van der Waals surface area contributed by atoms with Gasteiger partial charge in [0.05, 0.1) is 18.3 Å². The van der Waals surface area contributed by atoms with Crippen LogP contribution in [0.1, 0.15) is 12.1 Å². The molecule has 4 heterocycles. The number of nitrogens with two attached hydrogens (primary N) is 1. The molecule has 0 bridgehead atoms. The predicted molar refractivity (Wildman–Crippen MR) is 87.4 cm³/mol. The molecule has 9 nitrogen and oxygen atoms in total. The first kappa shape index (κ1) is 16.0. The zero-order valence-electron chi connectivity index (χ0n) is 13.4. The quantitative estimate of drug-likeness (QED) is 0.527. The third-order valence-corrected chi connectivity index (χ3v) is 4.39. The van der Waals surface area contributed by atoms with E-state index in [2.05, 4.69) is 9.97 Å². The highest BCUT2D eigenvalue weighted by Gasteiger charge is 2.44. The number of hydrogen-bond acceptors (Lipinski definition) is 8. The summed E-state index contributed by atoms with van der Waals surface area (Å²) in [6.07, 6.45) is -1.02. The van der Waals surface area contributed by atoms with Gasteiger partial charge in [0.25, 0.3) is 0 Å². The second kappa shape index (κ2) is 5.81. The lowest BCUT2D eigenvalue weighted by Crippen LogP contribution is -2.33. The van der Waals surface area contributed by atoms with E-state index in [1.165, 1.54) is 6.26 Å². The molecule has 1 aliphatic rings. The van der Waals surface area contributed by atoms with Crippen molar-refractivity contribution in [3.8, 4) is 11.3 Å². The van der Waals surface area contributed by atoms with Crippen LogP contribution in [0.25, 0.3) is 22.4 Å². The summed E-state index contributed by atoms with van der Waals surface area (Å²) >= 11 is 0. The molecule has 1 fully saturated rings. The molecular formula is C16H18N4O5. The Morgan fingerprint density at radius 3 is 2.72 bits per heavy atom. The Bertz CT molecular complexity index is 907. The van der Waals surface area contributed by atoms with Gasteiger partial charge in [0, 0.05) is 11.8 Å². The molecule has 0 amide bonds. The fraction of sp³-hybridized carbons (Fsp3) is 0.375. The summed E-state index contributed by atoms with van der Waals surface area (Å²) < 4.78 is 12.7. The van der Waals surface area contributed by atoms with Gasteiger partial charge in [-0.1, -0.05) is 0 Å². The van der Waals surface area contributed by atoms with Crippen molar-refractivity contribution in [3.05, 3.63) is 30.4 Å². The lowest BCUT2D eigenvalue weighted by atomic mass is 10.1. The number of aryl methyl sites for hydroxylation is 1. The first-order chi connectivity index (χ1) is 12.0. The van der Waals surface area contributed by atoms with E-state index < -0.39 is 31.1 Å². The van der Waals surface area contributed by atoms with Crippen LogP contribution in [0.3, 0.4) is 0 Å². The normalized spacial score (nSPS) is 26.6. The molecule has 25 heavy (non-hydrogen) atoms. The van der Waals surface area contributed by atoms with Gasteiger partial charge < -0.3 is 34.8 Å². The lowest BCUT2D eigenvalue weighted by Gasteiger charge is -2.17. The summed E-state index contributed by atoms with van der Waals surface area (Å²) in [5, 5.41) is 30.3. The first-order valence-electron chi connectivity index (χ1n) is 7.82. The Morgan fingerprint density at radius 2 is 2.08 bits per heavy atom. The maximum atomic E-state index is 10.3. The number of furan rings is 1. The third-order valence-electron chi connectivity index (χ3n) is 4.39. The van der Waals surface area contributed by atoms with Crippen LogP contribution >= 0.6 is 0 Å². The van der Waals surface area contributed by atoms with Crippen LogP contribution in [0.4, 0.5) is 5.82 Å². The number of aromatic nitrogens is 3. The Labute approximate surface area is 142 Å². The van der Waals surface area contributed by atoms with Gasteiger partial charge in [0.15, 0.2) is 6.23 Å². The molecule has 0 saturated carbocycles. The van der Waals surface area contributed by atoms with Crippen molar-refractivity contribution in [1.82, 2.24) is 14.5 Å². The smallest absolute Gasteiger partial charge is 0.164 e. The number of aliphatic hydroxyl groups is 3. The first-order valence-corrected chi connectivity index (χ1v) is 7.82. The van der Waals surface area contributed by atoms with Crippen molar-refractivity contribution >= 4 is 16.9 Å². The van der Waals surface area contributed by atoms with Gasteiger partial charge in [-0.25, -0.2) is 9.97 Å². The van der Waals surface area contributed by atoms with Gasteiger partial charge in [-0.05, 0) is 19.1 Å². The van der Waals surface area contributed by atoms with E-state index in [9.17, 15) is 15.3 Å². The molecule has 3 aromatic heterocycles. The van der Waals surface area contributed by atoms with Crippen molar-refractivity contribution in [1.29, 1.82) is 0 Å². The summed E-state index contributed by atoms with van der Waals surface area (Å²) in [6, 6.07) is 3.52. The maximum Gasteiger partial charge on any atom is 0.164 e. The Balaban J connectivity index is 1.93. The Kier molecular flexibility index (Phi) is 3.73. The second-order valence-electron chi connectivity index (χ2n) is 6.01. The number of anilines is 1. The highest BCUT2D eigenvalue weighted by molar-refractivity contribution is 5.99. The van der Waals surface area contributed by atoms with Gasteiger partial charge in [0.2, 0.25) is 0 Å². The van der Waals surface area contributed by atoms with Gasteiger partial charge in [-0.3, -0.25) is 0 Å². The van der Waals surface area contributed by atoms with Gasteiger partial charge in [-0.2, -0.15) is 0 Å². The minimum absolute atomic E-state index is 0.277. The average Bonchev–Trinajstić information content (AvgIpc) is 3.27. The molecule has 5 N–H and O–H groups in total. The highest BCUT2D eigenvalue weighted by atomic mass is 16.6. The number of nitrogen functional groups attached to an aromatic ring is 1. The van der Waals surface area contributed by atoms with Crippen LogP contribution in [0.2, 0.25) is 0 Å². The molecule has 132 valence electrons. The van der Waals surface area contributed by atoms with Crippen LogP contribution in [-0.4, -0.2) is 54.8 Å². The molecule has 1 saturated heterocycles. The number of aliphatic hydroxyl groups excluding tert-OH is 3. The average molecular weight is 346 g/mol. The molecular weight excluding hydrogens is 328 g/mol. The molecule has 0 aromatic carbocycles. The largest absolute Gasteiger partial charge is 0.464 e. The third kappa shape index (κ3) is 2.40. The molecule has 0 radical (unpaired) electrons. The van der Waals surface area contributed by atoms with Gasteiger partial charge in [0.1, 0.15) is 41.4 Å². The van der Waals surface area contributed by atoms with Crippen molar-refractivity contribution in [2.45, 2.75) is 31.5 Å². The van der Waals surface area contributed by atoms with E-state index >= 15 is 0 Å². The summed E-state index contributed by atoms with van der Waals surface area (Å²) in [5.41, 5.74) is 7.19. The Morgan fingerprint density at radius 1 is 1.28 bits per heavy atom. The standard InChI is InChI=1S/C16H18N4O5/c1-7-18-14(17)11-8(9-3-2-4-24-9)5-20(15(11)19-7)16-13(23)12(22)10(6-21)25-16/h2-5,10,12-13,16,21-23H,6H2,1H3,(H2,17,18,19)/t10-,12-,13-,16-/m1/s1. The molecule has 0 unspecified atom stereocenters. The Hall–Kier alpha value is -2.46. The van der Waals surface area contributed by atoms with Crippen molar-refractivity contribution in [2.24, 2.45) is 0 Å². The fourth-order valence-corrected chi connectivity index (χ4v) is 3.21. The summed E-state index contributed by atoms with van der Waals surface area (Å²) in [5.74, 6) is 1.30. The van der Waals surface area contributed by atoms with E-state index in [0.29, 0.717) is 28.2 Å². The zero-order valence-corrected chi connectivity index (χ0v) is 13.4. The zero-order chi connectivity index (χ0) is 17.7.